The Bertz CT molecular complexity index is 690. The number of aromatic nitrogens is 1. The predicted molar refractivity (Wildman–Crippen MR) is 76.3 cm³/mol. The number of sulfonamides is 1. The number of halogens is 1. The fraction of sp³-hybridized carbons (Fsp3) is 0.154. The second-order valence-corrected chi connectivity index (χ2v) is 6.15. The minimum Gasteiger partial charge on any atom is -0.495 e. The molecule has 0 fully saturated rings. The fourth-order valence-electron chi connectivity index (χ4n) is 1.57. The van der Waals surface area contributed by atoms with Crippen molar-refractivity contribution in [1.82, 2.24) is 9.71 Å². The third-order valence-electron chi connectivity index (χ3n) is 2.65. The van der Waals surface area contributed by atoms with Gasteiger partial charge >= 0.3 is 0 Å². The van der Waals surface area contributed by atoms with E-state index >= 15 is 0 Å². The number of ether oxygens (including phenoxy) is 1. The maximum absolute atomic E-state index is 12.2. The normalized spacial score (nSPS) is 11.3. The summed E-state index contributed by atoms with van der Waals surface area (Å²) < 4.78 is 31.8. The maximum Gasteiger partial charge on any atom is 0.241 e. The summed E-state index contributed by atoms with van der Waals surface area (Å²) in [5.41, 5.74) is 0.824. The van der Waals surface area contributed by atoms with E-state index in [-0.39, 0.29) is 11.4 Å². The van der Waals surface area contributed by atoms with Crippen LogP contribution in [0.4, 0.5) is 0 Å². The van der Waals surface area contributed by atoms with Crippen molar-refractivity contribution in [3.8, 4) is 5.75 Å². The predicted octanol–water partition coefficient (Wildman–Crippen LogP) is 2.22. The summed E-state index contributed by atoms with van der Waals surface area (Å²) >= 11 is 5.87. The first-order valence-electron chi connectivity index (χ1n) is 5.75. The topological polar surface area (TPSA) is 68.3 Å². The molecule has 0 aliphatic rings. The van der Waals surface area contributed by atoms with Gasteiger partial charge in [-0.2, -0.15) is 0 Å². The zero-order chi connectivity index (χ0) is 14.6. The quantitative estimate of drug-likeness (QED) is 0.919. The molecule has 20 heavy (non-hydrogen) atoms. The molecule has 0 bridgehead atoms. The Hall–Kier alpha value is -1.63. The molecule has 0 aliphatic heterocycles. The molecule has 1 heterocycles. The molecule has 5 nitrogen and oxygen atoms in total. The van der Waals surface area contributed by atoms with Crippen molar-refractivity contribution < 1.29 is 13.2 Å². The molecule has 2 rings (SSSR count). The van der Waals surface area contributed by atoms with Crippen molar-refractivity contribution in [2.45, 2.75) is 11.4 Å². The van der Waals surface area contributed by atoms with Crippen LogP contribution in [0.2, 0.25) is 5.02 Å². The minimum atomic E-state index is -3.62. The highest BCUT2D eigenvalue weighted by atomic mass is 35.5. The van der Waals surface area contributed by atoms with Gasteiger partial charge in [0.15, 0.2) is 0 Å². The van der Waals surface area contributed by atoms with Crippen LogP contribution in [0.1, 0.15) is 5.56 Å². The summed E-state index contributed by atoms with van der Waals surface area (Å²) in [6, 6.07) is 7.79. The molecule has 0 aliphatic carbocycles. The van der Waals surface area contributed by atoms with Gasteiger partial charge in [0.1, 0.15) is 5.75 Å². The third-order valence-corrected chi connectivity index (χ3v) is 4.36. The molecule has 0 saturated carbocycles. The number of nitrogens with one attached hydrogen (secondary N) is 1. The molecule has 1 N–H and O–H groups in total. The lowest BCUT2D eigenvalue weighted by atomic mass is 10.3. The highest BCUT2D eigenvalue weighted by molar-refractivity contribution is 7.89. The molecule has 1 aromatic carbocycles. The SMILES string of the molecule is COc1cc(S(=O)(=O)NCc2ccncc2)ccc1Cl. The van der Waals surface area contributed by atoms with Crippen LogP contribution in [0.5, 0.6) is 5.75 Å². The summed E-state index contributed by atoms with van der Waals surface area (Å²) in [6.07, 6.45) is 3.21. The number of nitrogens with zero attached hydrogens (tertiary/aromatic N) is 1. The molecule has 7 heteroatoms. The monoisotopic (exact) mass is 312 g/mol. The van der Waals surface area contributed by atoms with E-state index in [1.54, 1.807) is 24.5 Å². The number of pyridine rings is 1. The lowest BCUT2D eigenvalue weighted by Crippen LogP contribution is -2.23. The van der Waals surface area contributed by atoms with Crippen LogP contribution in [0, 0.1) is 0 Å². The Balaban J connectivity index is 2.18. The van der Waals surface area contributed by atoms with Crippen molar-refractivity contribution in [2.24, 2.45) is 0 Å². The summed E-state index contributed by atoms with van der Waals surface area (Å²) in [5.74, 6) is 0.318. The summed E-state index contributed by atoms with van der Waals surface area (Å²) in [5, 5.41) is 0.362. The average molecular weight is 313 g/mol. The number of rotatable bonds is 5. The van der Waals surface area contributed by atoms with Gasteiger partial charge in [-0.3, -0.25) is 4.98 Å². The number of methoxy groups -OCH3 is 1. The maximum atomic E-state index is 12.2. The Morgan fingerprint density at radius 1 is 1.25 bits per heavy atom. The van der Waals surface area contributed by atoms with E-state index in [0.29, 0.717) is 10.8 Å². The zero-order valence-electron chi connectivity index (χ0n) is 10.7. The molecule has 0 atom stereocenters. The van der Waals surface area contributed by atoms with Crippen LogP contribution >= 0.6 is 11.6 Å². The third kappa shape index (κ3) is 3.47. The van der Waals surface area contributed by atoms with Crippen molar-refractivity contribution in [2.75, 3.05) is 7.11 Å². The van der Waals surface area contributed by atoms with E-state index in [1.165, 1.54) is 25.3 Å². The van der Waals surface area contributed by atoms with Crippen molar-refractivity contribution in [1.29, 1.82) is 0 Å². The van der Waals surface area contributed by atoms with Gasteiger partial charge in [-0.15, -0.1) is 0 Å². The molecule has 0 spiro atoms. The second-order valence-electron chi connectivity index (χ2n) is 3.98. The number of hydrogen-bond acceptors (Lipinski definition) is 4. The van der Waals surface area contributed by atoms with Crippen LogP contribution in [-0.4, -0.2) is 20.5 Å². The Kier molecular flexibility index (Phi) is 4.59. The summed E-state index contributed by atoms with van der Waals surface area (Å²) in [6.45, 7) is 0.190. The van der Waals surface area contributed by atoms with E-state index in [9.17, 15) is 8.42 Å². The molecule has 0 unspecified atom stereocenters. The van der Waals surface area contributed by atoms with Crippen LogP contribution in [0.3, 0.4) is 0 Å². The van der Waals surface area contributed by atoms with Gasteiger partial charge < -0.3 is 4.74 Å². The van der Waals surface area contributed by atoms with Crippen LogP contribution in [-0.2, 0) is 16.6 Å². The van der Waals surface area contributed by atoms with Gasteiger partial charge in [0.05, 0.1) is 17.0 Å². The van der Waals surface area contributed by atoms with Gasteiger partial charge in [-0.25, -0.2) is 13.1 Å². The average Bonchev–Trinajstić information content (AvgIpc) is 2.46. The standard InChI is InChI=1S/C13H13ClN2O3S/c1-19-13-8-11(2-3-12(13)14)20(17,18)16-9-10-4-6-15-7-5-10/h2-8,16H,9H2,1H3. The van der Waals surface area contributed by atoms with E-state index in [4.69, 9.17) is 16.3 Å². The molecule has 0 saturated heterocycles. The number of hydrogen-bond donors (Lipinski definition) is 1. The molecular weight excluding hydrogens is 300 g/mol. The van der Waals surface area contributed by atoms with E-state index in [0.717, 1.165) is 5.56 Å². The highest BCUT2D eigenvalue weighted by Gasteiger charge is 2.15. The van der Waals surface area contributed by atoms with Crippen molar-refractivity contribution in [3.05, 3.63) is 53.3 Å². The van der Waals surface area contributed by atoms with Crippen LogP contribution < -0.4 is 9.46 Å². The van der Waals surface area contributed by atoms with Gasteiger partial charge in [0, 0.05) is 25.0 Å². The zero-order valence-corrected chi connectivity index (χ0v) is 12.3. The van der Waals surface area contributed by atoms with Crippen molar-refractivity contribution in [3.63, 3.8) is 0 Å². The highest BCUT2D eigenvalue weighted by Crippen LogP contribution is 2.26. The first-order valence-corrected chi connectivity index (χ1v) is 7.61. The Labute approximate surface area is 122 Å². The minimum absolute atomic E-state index is 0.104. The van der Waals surface area contributed by atoms with E-state index in [1.807, 2.05) is 0 Å². The Morgan fingerprint density at radius 3 is 2.60 bits per heavy atom. The first-order chi connectivity index (χ1) is 9.53. The van der Waals surface area contributed by atoms with Gasteiger partial charge in [0.2, 0.25) is 10.0 Å². The first kappa shape index (κ1) is 14.8. The van der Waals surface area contributed by atoms with E-state index < -0.39 is 10.0 Å². The number of benzene rings is 1. The fourth-order valence-corrected chi connectivity index (χ4v) is 2.80. The van der Waals surface area contributed by atoms with Crippen LogP contribution in [0.15, 0.2) is 47.6 Å². The van der Waals surface area contributed by atoms with Gasteiger partial charge in [-0.05, 0) is 29.8 Å². The van der Waals surface area contributed by atoms with Crippen molar-refractivity contribution >= 4 is 21.6 Å². The lowest BCUT2D eigenvalue weighted by molar-refractivity contribution is 0.413. The molecule has 106 valence electrons. The van der Waals surface area contributed by atoms with Gasteiger partial charge in [0.25, 0.3) is 0 Å². The lowest BCUT2D eigenvalue weighted by Gasteiger charge is -2.09. The summed E-state index contributed by atoms with van der Waals surface area (Å²) in [7, 11) is -2.18. The molecule has 2 aromatic rings. The smallest absolute Gasteiger partial charge is 0.241 e. The molecule has 1 aromatic heterocycles. The molecule has 0 radical (unpaired) electrons. The molecular formula is C13H13ClN2O3S. The second kappa shape index (κ2) is 6.21. The molecule has 0 amide bonds. The Morgan fingerprint density at radius 2 is 1.95 bits per heavy atom. The van der Waals surface area contributed by atoms with E-state index in [2.05, 4.69) is 9.71 Å². The largest absolute Gasteiger partial charge is 0.495 e. The van der Waals surface area contributed by atoms with Crippen LogP contribution in [0.25, 0.3) is 0 Å². The van der Waals surface area contributed by atoms with Gasteiger partial charge in [-0.1, -0.05) is 11.6 Å². The summed E-state index contributed by atoms with van der Waals surface area (Å²) in [4.78, 5) is 3.98.